The Kier molecular flexibility index (Phi) is 4.79. The molecule has 0 aromatic heterocycles. The van der Waals surface area contributed by atoms with Gasteiger partial charge in [0.25, 0.3) is 0 Å². The molecule has 0 aliphatic heterocycles. The summed E-state index contributed by atoms with van der Waals surface area (Å²) in [5, 5.41) is 0. The Balaban J connectivity index is 1.31. The van der Waals surface area contributed by atoms with Crippen molar-refractivity contribution in [3.8, 4) is 0 Å². The summed E-state index contributed by atoms with van der Waals surface area (Å²) in [6, 6.07) is 10.6. The number of fused-ring (bicyclic) bond motifs is 5. The zero-order chi connectivity index (χ0) is 19.4. The van der Waals surface area contributed by atoms with E-state index < -0.39 is 0 Å². The normalized spacial score (nSPS) is 42.4. The molecule has 2 heteroatoms. The minimum absolute atomic E-state index is 0.355. The van der Waals surface area contributed by atoms with E-state index in [0.717, 1.165) is 30.8 Å². The summed E-state index contributed by atoms with van der Waals surface area (Å²) in [5.41, 5.74) is 3.76. The first kappa shape index (κ1) is 19.0. The van der Waals surface area contributed by atoms with Crippen LogP contribution in [0.25, 0.3) is 0 Å². The summed E-state index contributed by atoms with van der Waals surface area (Å²) in [7, 11) is 0. The number of ether oxygens (including phenoxy) is 1. The fraction of sp³-hybridized carbons (Fsp3) is 0.654. The van der Waals surface area contributed by atoms with Crippen LogP contribution in [-0.2, 0) is 11.3 Å². The predicted octanol–water partition coefficient (Wildman–Crippen LogP) is 6.90. The SMILES string of the molecule is C[C@]12CCC(OCc3ccccc3)CC1=CC[C@@H]1[C@H]2CC[C@]2(C)C(=S)CC[C@@H]12. The fourth-order valence-corrected chi connectivity index (χ4v) is 7.70. The number of hydrogen-bond donors (Lipinski definition) is 0. The molecule has 0 spiro atoms. The van der Waals surface area contributed by atoms with Gasteiger partial charge >= 0.3 is 0 Å². The summed E-state index contributed by atoms with van der Waals surface area (Å²) in [4.78, 5) is 1.38. The van der Waals surface area contributed by atoms with Crippen LogP contribution in [0.2, 0.25) is 0 Å². The van der Waals surface area contributed by atoms with Gasteiger partial charge in [-0.05, 0) is 85.0 Å². The lowest BCUT2D eigenvalue weighted by Gasteiger charge is -2.57. The average Bonchev–Trinajstić information content (AvgIpc) is 3.02. The number of allylic oxidation sites excluding steroid dienone is 1. The highest BCUT2D eigenvalue weighted by atomic mass is 32.1. The van der Waals surface area contributed by atoms with Crippen LogP contribution in [0.15, 0.2) is 42.0 Å². The van der Waals surface area contributed by atoms with Crippen molar-refractivity contribution in [2.24, 2.45) is 28.6 Å². The Morgan fingerprint density at radius 1 is 1.00 bits per heavy atom. The van der Waals surface area contributed by atoms with Gasteiger partial charge in [-0.3, -0.25) is 0 Å². The zero-order valence-corrected chi connectivity index (χ0v) is 18.3. The second-order valence-electron chi connectivity index (χ2n) is 10.3. The van der Waals surface area contributed by atoms with Crippen LogP contribution in [0, 0.1) is 28.6 Å². The maximum absolute atomic E-state index is 6.34. The van der Waals surface area contributed by atoms with Gasteiger partial charge in [0, 0.05) is 5.41 Å². The first-order valence-electron chi connectivity index (χ1n) is 11.4. The van der Waals surface area contributed by atoms with Gasteiger partial charge in [-0.2, -0.15) is 0 Å². The van der Waals surface area contributed by atoms with Crippen molar-refractivity contribution in [1.82, 2.24) is 0 Å². The Morgan fingerprint density at radius 3 is 2.57 bits per heavy atom. The maximum Gasteiger partial charge on any atom is 0.0720 e. The number of thiocarbonyl (C=S) groups is 1. The molecule has 1 unspecified atom stereocenters. The largest absolute Gasteiger partial charge is 0.373 e. The molecule has 5 rings (SSSR count). The van der Waals surface area contributed by atoms with Gasteiger partial charge in [-0.25, -0.2) is 0 Å². The van der Waals surface area contributed by atoms with Crippen LogP contribution < -0.4 is 0 Å². The summed E-state index contributed by atoms with van der Waals surface area (Å²) in [6.45, 7) is 5.82. The van der Waals surface area contributed by atoms with Crippen LogP contribution in [-0.4, -0.2) is 11.0 Å². The van der Waals surface area contributed by atoms with Crippen LogP contribution in [0.1, 0.15) is 70.8 Å². The Morgan fingerprint density at radius 2 is 1.75 bits per heavy atom. The second kappa shape index (κ2) is 7.06. The Hall–Kier alpha value is -0.990. The topological polar surface area (TPSA) is 9.23 Å². The first-order valence-corrected chi connectivity index (χ1v) is 11.8. The van der Waals surface area contributed by atoms with Crippen molar-refractivity contribution >= 4 is 17.1 Å². The van der Waals surface area contributed by atoms with Gasteiger partial charge in [0.15, 0.2) is 0 Å². The van der Waals surface area contributed by atoms with Gasteiger partial charge in [-0.15, -0.1) is 0 Å². The highest BCUT2D eigenvalue weighted by molar-refractivity contribution is 7.80. The van der Waals surface area contributed by atoms with Crippen molar-refractivity contribution in [3.63, 3.8) is 0 Å². The highest BCUT2D eigenvalue weighted by Crippen LogP contribution is 2.64. The van der Waals surface area contributed by atoms with E-state index in [0.29, 0.717) is 16.9 Å². The lowest BCUT2D eigenvalue weighted by Crippen LogP contribution is -2.50. The molecule has 0 heterocycles. The van der Waals surface area contributed by atoms with E-state index in [2.05, 4.69) is 50.3 Å². The standard InChI is InChI=1S/C26H34OS/c1-25-14-12-20(27-17-18-6-4-3-5-7-18)16-19(25)8-9-21-22-10-11-24(28)26(22,2)15-13-23(21)25/h3-8,20-23H,9-17H2,1-2H3/t20?,21-,22-,23+,25-,26-/m0/s1. The number of hydrogen-bond acceptors (Lipinski definition) is 2. The van der Waals surface area contributed by atoms with Crippen LogP contribution in [0.5, 0.6) is 0 Å². The summed E-state index contributed by atoms with van der Waals surface area (Å²) in [6.07, 6.45) is 13.2. The van der Waals surface area contributed by atoms with E-state index in [-0.39, 0.29) is 0 Å². The minimum Gasteiger partial charge on any atom is -0.373 e. The van der Waals surface area contributed by atoms with Crippen LogP contribution in [0.3, 0.4) is 0 Å². The van der Waals surface area contributed by atoms with Crippen molar-refractivity contribution in [2.75, 3.05) is 0 Å². The lowest BCUT2D eigenvalue weighted by atomic mass is 9.48. The van der Waals surface area contributed by atoms with Gasteiger partial charge in [0.1, 0.15) is 0 Å². The number of rotatable bonds is 3. The Labute approximate surface area is 175 Å². The molecule has 1 nitrogen and oxygen atoms in total. The fourth-order valence-electron chi connectivity index (χ4n) is 7.33. The molecule has 28 heavy (non-hydrogen) atoms. The Bertz CT molecular complexity index is 783. The third kappa shape index (κ3) is 2.94. The van der Waals surface area contributed by atoms with E-state index in [9.17, 15) is 0 Å². The third-order valence-electron chi connectivity index (χ3n) is 9.10. The molecular formula is C26H34OS. The molecule has 0 amide bonds. The highest BCUT2D eigenvalue weighted by Gasteiger charge is 2.57. The van der Waals surface area contributed by atoms with E-state index >= 15 is 0 Å². The maximum atomic E-state index is 6.34. The molecule has 0 bridgehead atoms. The van der Waals surface area contributed by atoms with Gasteiger partial charge < -0.3 is 4.74 Å². The van der Waals surface area contributed by atoms with Crippen LogP contribution >= 0.6 is 12.2 Å². The van der Waals surface area contributed by atoms with Crippen molar-refractivity contribution < 1.29 is 4.74 Å². The summed E-state index contributed by atoms with van der Waals surface area (Å²) in [5.74, 6) is 2.55. The summed E-state index contributed by atoms with van der Waals surface area (Å²) < 4.78 is 6.34. The smallest absolute Gasteiger partial charge is 0.0720 e. The molecule has 4 aliphatic rings. The quantitative estimate of drug-likeness (QED) is 0.407. The molecule has 3 fully saturated rings. The average molecular weight is 395 g/mol. The van der Waals surface area contributed by atoms with Gasteiger partial charge in [-0.1, -0.05) is 68.0 Å². The molecule has 1 aromatic carbocycles. The van der Waals surface area contributed by atoms with Gasteiger partial charge in [0.2, 0.25) is 0 Å². The molecule has 1 aromatic rings. The third-order valence-corrected chi connectivity index (χ3v) is 9.77. The van der Waals surface area contributed by atoms with Crippen molar-refractivity contribution in [1.29, 1.82) is 0 Å². The molecule has 4 aliphatic carbocycles. The molecule has 3 saturated carbocycles. The molecule has 150 valence electrons. The van der Waals surface area contributed by atoms with E-state index in [4.69, 9.17) is 17.0 Å². The van der Waals surface area contributed by atoms with Crippen LogP contribution in [0.4, 0.5) is 0 Å². The monoisotopic (exact) mass is 394 g/mol. The molecule has 0 saturated heterocycles. The van der Waals surface area contributed by atoms with E-state index in [1.807, 2.05) is 0 Å². The molecular weight excluding hydrogens is 360 g/mol. The lowest BCUT2D eigenvalue weighted by molar-refractivity contribution is -0.0401. The molecule has 0 radical (unpaired) electrons. The molecule has 0 N–H and O–H groups in total. The zero-order valence-electron chi connectivity index (χ0n) is 17.5. The van der Waals surface area contributed by atoms with Crippen molar-refractivity contribution in [3.05, 3.63) is 47.5 Å². The summed E-state index contributed by atoms with van der Waals surface area (Å²) >= 11 is 5.82. The van der Waals surface area contributed by atoms with E-state index in [1.54, 1.807) is 5.57 Å². The van der Waals surface area contributed by atoms with E-state index in [1.165, 1.54) is 55.4 Å². The first-order chi connectivity index (χ1) is 13.5. The number of benzene rings is 1. The van der Waals surface area contributed by atoms with Gasteiger partial charge in [0.05, 0.1) is 12.7 Å². The minimum atomic E-state index is 0.355. The second-order valence-corrected chi connectivity index (χ2v) is 10.8. The van der Waals surface area contributed by atoms with Crippen molar-refractivity contribution in [2.45, 2.75) is 77.9 Å². The predicted molar refractivity (Wildman–Crippen MR) is 119 cm³/mol. The molecule has 6 atom stereocenters.